The van der Waals surface area contributed by atoms with Crippen LogP contribution in [0.3, 0.4) is 0 Å². The summed E-state index contributed by atoms with van der Waals surface area (Å²) in [7, 11) is 0. The van der Waals surface area contributed by atoms with Gasteiger partial charge < -0.3 is 4.90 Å². The molecule has 0 bridgehead atoms. The van der Waals surface area contributed by atoms with Crippen LogP contribution >= 0.6 is 15.9 Å². The van der Waals surface area contributed by atoms with Crippen molar-refractivity contribution in [1.82, 2.24) is 4.90 Å². The molecular formula is C14H16BrF4NO. The Bertz CT molecular complexity index is 480. The SMILES string of the molecule is CCC(CC)N(CC(F)(F)F)C(=O)c1c(F)cccc1Br. The highest BCUT2D eigenvalue weighted by atomic mass is 79.9. The number of amides is 1. The summed E-state index contributed by atoms with van der Waals surface area (Å²) in [6, 6.07) is 3.26. The number of nitrogens with zero attached hydrogens (tertiary/aromatic N) is 1. The van der Waals surface area contributed by atoms with Gasteiger partial charge in [0.15, 0.2) is 0 Å². The fraction of sp³-hybridized carbons (Fsp3) is 0.500. The number of rotatable bonds is 5. The largest absolute Gasteiger partial charge is 0.406 e. The zero-order valence-corrected chi connectivity index (χ0v) is 13.3. The van der Waals surface area contributed by atoms with Gasteiger partial charge in [-0.1, -0.05) is 19.9 Å². The molecule has 1 aromatic rings. The van der Waals surface area contributed by atoms with Gasteiger partial charge in [0.25, 0.3) is 5.91 Å². The van der Waals surface area contributed by atoms with E-state index in [1.807, 2.05) is 0 Å². The van der Waals surface area contributed by atoms with Gasteiger partial charge >= 0.3 is 6.18 Å². The first-order valence-corrected chi connectivity index (χ1v) is 7.32. The van der Waals surface area contributed by atoms with Crippen molar-refractivity contribution < 1.29 is 22.4 Å². The van der Waals surface area contributed by atoms with E-state index in [1.165, 1.54) is 12.1 Å². The molecule has 1 amide bonds. The molecule has 0 heterocycles. The lowest BCUT2D eigenvalue weighted by atomic mass is 10.1. The minimum Gasteiger partial charge on any atom is -0.326 e. The molecule has 0 saturated heterocycles. The van der Waals surface area contributed by atoms with E-state index in [0.717, 1.165) is 6.07 Å². The van der Waals surface area contributed by atoms with Crippen LogP contribution in [0.1, 0.15) is 37.0 Å². The normalized spacial score (nSPS) is 11.8. The Morgan fingerprint density at radius 2 is 1.86 bits per heavy atom. The van der Waals surface area contributed by atoms with Gasteiger partial charge in [0.05, 0.1) is 5.56 Å². The van der Waals surface area contributed by atoms with Crippen molar-refractivity contribution in [2.75, 3.05) is 6.54 Å². The first-order chi connectivity index (χ1) is 9.71. The fourth-order valence-corrected chi connectivity index (χ4v) is 2.65. The van der Waals surface area contributed by atoms with E-state index in [9.17, 15) is 22.4 Å². The lowest BCUT2D eigenvalue weighted by Gasteiger charge is -2.31. The summed E-state index contributed by atoms with van der Waals surface area (Å²) in [4.78, 5) is 13.1. The Kier molecular flexibility index (Phi) is 6.19. The van der Waals surface area contributed by atoms with Crippen molar-refractivity contribution in [3.63, 3.8) is 0 Å². The molecule has 1 aromatic carbocycles. The van der Waals surface area contributed by atoms with Gasteiger partial charge in [0, 0.05) is 10.5 Å². The zero-order chi connectivity index (χ0) is 16.2. The predicted molar refractivity (Wildman–Crippen MR) is 75.6 cm³/mol. The molecule has 0 atom stereocenters. The summed E-state index contributed by atoms with van der Waals surface area (Å²) in [6.45, 7) is 2.00. The van der Waals surface area contributed by atoms with Crippen molar-refractivity contribution in [3.05, 3.63) is 34.1 Å². The molecule has 0 aromatic heterocycles. The van der Waals surface area contributed by atoms with Gasteiger partial charge in [0.1, 0.15) is 12.4 Å². The molecule has 2 nitrogen and oxygen atoms in total. The summed E-state index contributed by atoms with van der Waals surface area (Å²) in [5, 5.41) is 0. The first kappa shape index (κ1) is 17.9. The van der Waals surface area contributed by atoms with Crippen molar-refractivity contribution in [2.24, 2.45) is 0 Å². The number of halogens is 5. The smallest absolute Gasteiger partial charge is 0.326 e. The summed E-state index contributed by atoms with van der Waals surface area (Å²) < 4.78 is 52.1. The maximum absolute atomic E-state index is 13.8. The van der Waals surface area contributed by atoms with E-state index >= 15 is 0 Å². The molecule has 0 N–H and O–H groups in total. The molecule has 7 heteroatoms. The Morgan fingerprint density at radius 1 is 1.29 bits per heavy atom. The van der Waals surface area contributed by atoms with Crippen LogP contribution in [-0.2, 0) is 0 Å². The second-order valence-corrected chi connectivity index (χ2v) is 5.47. The molecule has 0 aliphatic heterocycles. The van der Waals surface area contributed by atoms with Crippen LogP contribution in [0.2, 0.25) is 0 Å². The molecule has 0 unspecified atom stereocenters. The Labute approximate surface area is 129 Å². The van der Waals surface area contributed by atoms with Gasteiger partial charge in [0.2, 0.25) is 0 Å². The highest BCUT2D eigenvalue weighted by molar-refractivity contribution is 9.10. The molecular weight excluding hydrogens is 354 g/mol. The van der Waals surface area contributed by atoms with Crippen molar-refractivity contribution in [1.29, 1.82) is 0 Å². The van der Waals surface area contributed by atoms with Crippen LogP contribution in [0.25, 0.3) is 0 Å². The fourth-order valence-electron chi connectivity index (χ4n) is 2.14. The molecule has 21 heavy (non-hydrogen) atoms. The van der Waals surface area contributed by atoms with E-state index in [1.54, 1.807) is 13.8 Å². The highest BCUT2D eigenvalue weighted by Crippen LogP contribution is 2.26. The maximum atomic E-state index is 13.8. The lowest BCUT2D eigenvalue weighted by Crippen LogP contribution is -2.45. The Balaban J connectivity index is 3.22. The number of carbonyl (C=O) groups is 1. The highest BCUT2D eigenvalue weighted by Gasteiger charge is 2.37. The van der Waals surface area contributed by atoms with Gasteiger partial charge in [-0.15, -0.1) is 0 Å². The van der Waals surface area contributed by atoms with Crippen LogP contribution < -0.4 is 0 Å². The second kappa shape index (κ2) is 7.24. The van der Waals surface area contributed by atoms with Crippen LogP contribution in [-0.4, -0.2) is 29.6 Å². The van der Waals surface area contributed by atoms with Crippen LogP contribution in [0.15, 0.2) is 22.7 Å². The summed E-state index contributed by atoms with van der Waals surface area (Å²) in [6.07, 6.45) is -3.80. The van der Waals surface area contributed by atoms with E-state index in [0.29, 0.717) is 17.7 Å². The number of hydrogen-bond donors (Lipinski definition) is 0. The molecule has 0 radical (unpaired) electrons. The number of hydrogen-bond acceptors (Lipinski definition) is 1. The molecule has 0 spiro atoms. The van der Waals surface area contributed by atoms with Crippen LogP contribution in [0, 0.1) is 5.82 Å². The van der Waals surface area contributed by atoms with Crippen molar-refractivity contribution >= 4 is 21.8 Å². The third-order valence-corrected chi connectivity index (χ3v) is 3.83. The topological polar surface area (TPSA) is 20.3 Å². The summed E-state index contributed by atoms with van der Waals surface area (Å²) in [5.74, 6) is -1.79. The van der Waals surface area contributed by atoms with Crippen molar-refractivity contribution in [2.45, 2.75) is 38.9 Å². The predicted octanol–water partition coefficient (Wildman–Crippen LogP) is 4.78. The van der Waals surface area contributed by atoms with E-state index in [4.69, 9.17) is 0 Å². The minimum atomic E-state index is -4.53. The summed E-state index contributed by atoms with van der Waals surface area (Å²) in [5.41, 5.74) is -0.367. The molecule has 118 valence electrons. The van der Waals surface area contributed by atoms with E-state index < -0.39 is 30.5 Å². The van der Waals surface area contributed by atoms with Gasteiger partial charge in [-0.3, -0.25) is 4.79 Å². The van der Waals surface area contributed by atoms with E-state index in [2.05, 4.69) is 15.9 Å². The van der Waals surface area contributed by atoms with Gasteiger partial charge in [-0.25, -0.2) is 4.39 Å². The summed E-state index contributed by atoms with van der Waals surface area (Å²) >= 11 is 3.02. The average molecular weight is 370 g/mol. The third kappa shape index (κ3) is 4.69. The Morgan fingerprint density at radius 3 is 2.29 bits per heavy atom. The van der Waals surface area contributed by atoms with Gasteiger partial charge in [-0.2, -0.15) is 13.2 Å². The molecule has 0 fully saturated rings. The average Bonchev–Trinajstić information content (AvgIpc) is 2.37. The quantitative estimate of drug-likeness (QED) is 0.683. The number of alkyl halides is 3. The van der Waals surface area contributed by atoms with E-state index in [-0.39, 0.29) is 10.0 Å². The monoisotopic (exact) mass is 369 g/mol. The van der Waals surface area contributed by atoms with Crippen molar-refractivity contribution in [3.8, 4) is 0 Å². The minimum absolute atomic E-state index is 0.144. The second-order valence-electron chi connectivity index (χ2n) is 4.62. The number of benzene rings is 1. The molecule has 0 aliphatic rings. The number of carbonyl (C=O) groups excluding carboxylic acids is 1. The van der Waals surface area contributed by atoms with Crippen LogP contribution in [0.4, 0.5) is 17.6 Å². The standard InChI is InChI=1S/C14H16BrF4NO/c1-3-9(4-2)20(8-14(17,18)19)13(21)12-10(15)6-5-7-11(12)16/h5-7,9H,3-4,8H2,1-2H3. The lowest BCUT2D eigenvalue weighted by molar-refractivity contribution is -0.145. The molecule has 0 saturated carbocycles. The third-order valence-electron chi connectivity index (χ3n) is 3.17. The molecule has 1 rings (SSSR count). The van der Waals surface area contributed by atoms with Crippen LogP contribution in [0.5, 0.6) is 0 Å². The Hall–Kier alpha value is -1.11. The van der Waals surface area contributed by atoms with Gasteiger partial charge in [-0.05, 0) is 40.9 Å². The first-order valence-electron chi connectivity index (χ1n) is 6.53. The molecule has 0 aliphatic carbocycles. The maximum Gasteiger partial charge on any atom is 0.406 e. The zero-order valence-electron chi connectivity index (χ0n) is 11.7.